The molecular weight excluding hydrogens is 226 g/mol. The molecule has 0 bridgehead atoms. The second-order valence-corrected chi connectivity index (χ2v) is 4.59. The van der Waals surface area contributed by atoms with E-state index >= 15 is 0 Å². The van der Waals surface area contributed by atoms with Crippen molar-refractivity contribution in [3.63, 3.8) is 0 Å². The fourth-order valence-electron chi connectivity index (χ4n) is 2.39. The monoisotopic (exact) mass is 251 g/mol. The molecule has 1 atom stereocenters. The van der Waals surface area contributed by atoms with Crippen LogP contribution in [0.2, 0.25) is 0 Å². The number of hydrogen-bond acceptors (Lipinski definition) is 3. The van der Waals surface area contributed by atoms with E-state index in [1.54, 1.807) is 14.2 Å². The van der Waals surface area contributed by atoms with E-state index in [1.807, 2.05) is 0 Å². The van der Waals surface area contributed by atoms with Crippen molar-refractivity contribution in [1.82, 2.24) is 5.32 Å². The maximum Gasteiger partial charge on any atom is 0.124 e. The van der Waals surface area contributed by atoms with Crippen molar-refractivity contribution in [2.45, 2.75) is 33.2 Å². The molecule has 0 amide bonds. The molecule has 1 rings (SSSR count). The van der Waals surface area contributed by atoms with Crippen LogP contribution >= 0.6 is 0 Å². The van der Waals surface area contributed by atoms with Crippen molar-refractivity contribution < 1.29 is 9.47 Å². The lowest BCUT2D eigenvalue weighted by Gasteiger charge is -2.23. The van der Waals surface area contributed by atoms with Gasteiger partial charge in [-0.15, -0.1) is 0 Å². The second-order valence-electron chi connectivity index (χ2n) is 4.59. The van der Waals surface area contributed by atoms with Crippen LogP contribution < -0.4 is 10.1 Å². The zero-order valence-electron chi connectivity index (χ0n) is 12.2. The first-order valence-electron chi connectivity index (χ1n) is 6.51. The number of methoxy groups -OCH3 is 2. The summed E-state index contributed by atoms with van der Waals surface area (Å²) < 4.78 is 10.7. The number of aryl methyl sites for hydroxylation is 2. The van der Waals surface area contributed by atoms with Crippen molar-refractivity contribution >= 4 is 0 Å². The molecule has 0 aromatic heterocycles. The molecule has 1 unspecified atom stereocenters. The van der Waals surface area contributed by atoms with Gasteiger partial charge in [-0.25, -0.2) is 0 Å². The topological polar surface area (TPSA) is 30.5 Å². The maximum atomic E-state index is 5.53. The standard InChI is InChI=1S/C15H25NO2/c1-6-16-13(7-8-17-4)15-12(3)9-11(2)10-14(15)18-5/h9-10,13,16H,6-8H2,1-5H3. The van der Waals surface area contributed by atoms with E-state index in [0.717, 1.165) is 25.3 Å². The number of hydrogen-bond donors (Lipinski definition) is 1. The molecule has 0 heterocycles. The number of nitrogens with one attached hydrogen (secondary N) is 1. The highest BCUT2D eigenvalue weighted by Crippen LogP contribution is 2.31. The van der Waals surface area contributed by atoms with Crippen molar-refractivity contribution in [3.8, 4) is 5.75 Å². The van der Waals surface area contributed by atoms with Crippen molar-refractivity contribution in [2.75, 3.05) is 27.4 Å². The van der Waals surface area contributed by atoms with Crippen LogP contribution in [-0.4, -0.2) is 27.4 Å². The fourth-order valence-corrected chi connectivity index (χ4v) is 2.39. The fraction of sp³-hybridized carbons (Fsp3) is 0.600. The summed E-state index contributed by atoms with van der Waals surface area (Å²) in [5.41, 5.74) is 3.76. The van der Waals surface area contributed by atoms with Gasteiger partial charge in [0.1, 0.15) is 5.75 Å². The van der Waals surface area contributed by atoms with E-state index in [2.05, 4.69) is 38.2 Å². The Morgan fingerprint density at radius 1 is 1.22 bits per heavy atom. The van der Waals surface area contributed by atoms with Gasteiger partial charge in [0, 0.05) is 25.3 Å². The van der Waals surface area contributed by atoms with E-state index in [0.29, 0.717) is 0 Å². The summed E-state index contributed by atoms with van der Waals surface area (Å²) in [5.74, 6) is 0.967. The van der Waals surface area contributed by atoms with Gasteiger partial charge in [-0.05, 0) is 44.0 Å². The highest BCUT2D eigenvalue weighted by Gasteiger charge is 2.18. The lowest BCUT2D eigenvalue weighted by Crippen LogP contribution is -2.23. The zero-order valence-corrected chi connectivity index (χ0v) is 12.2. The Bertz CT molecular complexity index is 377. The van der Waals surface area contributed by atoms with Gasteiger partial charge < -0.3 is 14.8 Å². The lowest BCUT2D eigenvalue weighted by molar-refractivity contribution is 0.182. The van der Waals surface area contributed by atoms with Crippen LogP contribution in [0.3, 0.4) is 0 Å². The van der Waals surface area contributed by atoms with Crippen LogP contribution in [0.4, 0.5) is 0 Å². The first-order valence-corrected chi connectivity index (χ1v) is 6.51. The Morgan fingerprint density at radius 3 is 2.50 bits per heavy atom. The zero-order chi connectivity index (χ0) is 13.5. The molecule has 0 fully saturated rings. The lowest BCUT2D eigenvalue weighted by atomic mass is 9.96. The van der Waals surface area contributed by atoms with E-state index in [9.17, 15) is 0 Å². The normalized spacial score (nSPS) is 12.5. The highest BCUT2D eigenvalue weighted by molar-refractivity contribution is 5.45. The van der Waals surface area contributed by atoms with Gasteiger partial charge >= 0.3 is 0 Å². The molecule has 1 aromatic rings. The molecule has 0 aliphatic carbocycles. The molecule has 0 spiro atoms. The predicted molar refractivity (Wildman–Crippen MR) is 75.4 cm³/mol. The summed E-state index contributed by atoms with van der Waals surface area (Å²) in [6.45, 7) is 8.04. The quantitative estimate of drug-likeness (QED) is 0.808. The Balaban J connectivity index is 3.08. The smallest absolute Gasteiger partial charge is 0.124 e. The molecule has 0 aliphatic heterocycles. The summed E-state index contributed by atoms with van der Waals surface area (Å²) in [6, 6.07) is 4.58. The summed E-state index contributed by atoms with van der Waals surface area (Å²) in [4.78, 5) is 0. The molecule has 0 aliphatic rings. The van der Waals surface area contributed by atoms with Crippen LogP contribution in [0, 0.1) is 13.8 Å². The third kappa shape index (κ3) is 3.72. The average molecular weight is 251 g/mol. The van der Waals surface area contributed by atoms with Gasteiger partial charge in [-0.1, -0.05) is 13.0 Å². The first-order chi connectivity index (χ1) is 8.63. The van der Waals surface area contributed by atoms with Crippen LogP contribution in [0.25, 0.3) is 0 Å². The summed E-state index contributed by atoms with van der Waals surface area (Å²) in [5, 5.41) is 3.51. The summed E-state index contributed by atoms with van der Waals surface area (Å²) in [6.07, 6.45) is 0.949. The molecule has 3 heteroatoms. The number of ether oxygens (including phenoxy) is 2. The third-order valence-corrected chi connectivity index (χ3v) is 3.12. The van der Waals surface area contributed by atoms with E-state index in [1.165, 1.54) is 16.7 Å². The predicted octanol–water partition coefficient (Wildman–Crippen LogP) is 3.00. The molecule has 1 aromatic carbocycles. The second kappa shape index (κ2) is 7.39. The Morgan fingerprint density at radius 2 is 1.94 bits per heavy atom. The Labute approximate surface area is 110 Å². The Kier molecular flexibility index (Phi) is 6.16. The van der Waals surface area contributed by atoms with Crippen LogP contribution in [0.5, 0.6) is 5.75 Å². The SMILES string of the molecule is CCNC(CCOC)c1c(C)cc(C)cc1OC. The maximum absolute atomic E-state index is 5.53. The molecule has 0 saturated carbocycles. The molecular formula is C15H25NO2. The molecule has 0 saturated heterocycles. The molecule has 0 radical (unpaired) electrons. The van der Waals surface area contributed by atoms with Gasteiger partial charge in [0.2, 0.25) is 0 Å². The average Bonchev–Trinajstić information content (AvgIpc) is 2.34. The van der Waals surface area contributed by atoms with Gasteiger partial charge in [0.15, 0.2) is 0 Å². The van der Waals surface area contributed by atoms with Gasteiger partial charge in [-0.2, -0.15) is 0 Å². The first kappa shape index (κ1) is 15.0. The minimum atomic E-state index is 0.283. The molecule has 102 valence electrons. The highest BCUT2D eigenvalue weighted by atomic mass is 16.5. The van der Waals surface area contributed by atoms with Gasteiger partial charge in [-0.3, -0.25) is 0 Å². The van der Waals surface area contributed by atoms with E-state index in [-0.39, 0.29) is 6.04 Å². The summed E-state index contributed by atoms with van der Waals surface area (Å²) >= 11 is 0. The van der Waals surface area contributed by atoms with Crippen molar-refractivity contribution in [3.05, 3.63) is 28.8 Å². The largest absolute Gasteiger partial charge is 0.496 e. The van der Waals surface area contributed by atoms with Gasteiger partial charge in [0.25, 0.3) is 0 Å². The molecule has 1 N–H and O–H groups in total. The van der Waals surface area contributed by atoms with Crippen LogP contribution in [-0.2, 0) is 4.74 Å². The minimum Gasteiger partial charge on any atom is -0.496 e. The number of benzene rings is 1. The van der Waals surface area contributed by atoms with E-state index in [4.69, 9.17) is 9.47 Å². The minimum absolute atomic E-state index is 0.283. The van der Waals surface area contributed by atoms with Crippen molar-refractivity contribution in [1.29, 1.82) is 0 Å². The molecule has 18 heavy (non-hydrogen) atoms. The summed E-state index contributed by atoms with van der Waals surface area (Å²) in [7, 11) is 3.47. The van der Waals surface area contributed by atoms with Crippen molar-refractivity contribution in [2.24, 2.45) is 0 Å². The van der Waals surface area contributed by atoms with Gasteiger partial charge in [0.05, 0.1) is 7.11 Å². The van der Waals surface area contributed by atoms with Crippen LogP contribution in [0.1, 0.15) is 36.1 Å². The molecule has 3 nitrogen and oxygen atoms in total. The number of rotatable bonds is 7. The van der Waals surface area contributed by atoms with Crippen LogP contribution in [0.15, 0.2) is 12.1 Å². The van der Waals surface area contributed by atoms with E-state index < -0.39 is 0 Å². The Hall–Kier alpha value is -1.06. The third-order valence-electron chi connectivity index (χ3n) is 3.12.